The van der Waals surface area contributed by atoms with Crippen molar-refractivity contribution in [2.45, 2.75) is 51.1 Å². The largest absolute Gasteiger partial charge is 0.171 e. The van der Waals surface area contributed by atoms with Crippen LogP contribution in [0.1, 0.15) is 39.5 Å². The van der Waals surface area contributed by atoms with Crippen LogP contribution in [0.3, 0.4) is 0 Å². The molecule has 0 spiro atoms. The number of unbranched alkanes of at least 4 members (excludes halogenated alkanes) is 3. The molecule has 12 heavy (non-hydrogen) atoms. The van der Waals surface area contributed by atoms with Crippen LogP contribution in [-0.2, 0) is 0 Å². The minimum atomic E-state index is -0.881. The standard InChI is InChI=1S/C10H21ClSi/c1-4-5-6-7-8-9-12(11)10(2)3/h4,10,12H,1,5-9H2,2-3H3. The van der Waals surface area contributed by atoms with Gasteiger partial charge in [-0.2, -0.15) is 11.1 Å². The van der Waals surface area contributed by atoms with E-state index in [1.165, 1.54) is 25.3 Å². The van der Waals surface area contributed by atoms with E-state index in [0.29, 0.717) is 0 Å². The van der Waals surface area contributed by atoms with Gasteiger partial charge in [0.2, 0.25) is 0 Å². The van der Waals surface area contributed by atoms with Crippen molar-refractivity contribution in [1.29, 1.82) is 0 Å². The lowest BCUT2D eigenvalue weighted by Gasteiger charge is -2.10. The van der Waals surface area contributed by atoms with E-state index in [0.717, 1.165) is 12.0 Å². The van der Waals surface area contributed by atoms with E-state index in [9.17, 15) is 0 Å². The van der Waals surface area contributed by atoms with Gasteiger partial charge in [-0.25, -0.2) is 0 Å². The maximum absolute atomic E-state index is 6.25. The van der Waals surface area contributed by atoms with Crippen molar-refractivity contribution in [3.05, 3.63) is 12.7 Å². The Balaban J connectivity index is 3.13. The molecule has 1 atom stereocenters. The summed E-state index contributed by atoms with van der Waals surface area (Å²) in [6.45, 7) is 8.19. The summed E-state index contributed by atoms with van der Waals surface area (Å²) in [6, 6.07) is 1.30. The molecule has 0 aliphatic heterocycles. The van der Waals surface area contributed by atoms with E-state index < -0.39 is 8.11 Å². The van der Waals surface area contributed by atoms with Crippen molar-refractivity contribution in [2.75, 3.05) is 0 Å². The topological polar surface area (TPSA) is 0 Å². The SMILES string of the molecule is C=CCCCCC[SiH](Cl)C(C)C. The summed E-state index contributed by atoms with van der Waals surface area (Å²) in [6.07, 6.45) is 7.11. The molecular formula is C10H21ClSi. The van der Waals surface area contributed by atoms with Crippen molar-refractivity contribution >= 4 is 19.2 Å². The van der Waals surface area contributed by atoms with Gasteiger partial charge < -0.3 is 0 Å². The molecular weight excluding hydrogens is 184 g/mol. The Labute approximate surface area is 83.3 Å². The number of hydrogen-bond acceptors (Lipinski definition) is 0. The number of hydrogen-bond donors (Lipinski definition) is 0. The molecule has 0 aliphatic carbocycles. The van der Waals surface area contributed by atoms with E-state index in [1.807, 2.05) is 6.08 Å². The first-order valence-corrected chi connectivity index (χ1v) is 8.16. The fourth-order valence-corrected chi connectivity index (χ4v) is 2.95. The quantitative estimate of drug-likeness (QED) is 0.254. The Morgan fingerprint density at radius 3 is 2.50 bits per heavy atom. The van der Waals surface area contributed by atoms with Crippen molar-refractivity contribution in [1.82, 2.24) is 0 Å². The molecule has 0 saturated carbocycles. The Bertz CT molecular complexity index is 112. The third-order valence-corrected chi connectivity index (χ3v) is 6.68. The summed E-state index contributed by atoms with van der Waals surface area (Å²) in [5, 5.41) is 0. The van der Waals surface area contributed by atoms with Gasteiger partial charge in [0.15, 0.2) is 0 Å². The molecule has 0 rings (SSSR count). The van der Waals surface area contributed by atoms with Gasteiger partial charge in [-0.05, 0) is 24.4 Å². The van der Waals surface area contributed by atoms with Crippen LogP contribution in [0.2, 0.25) is 11.6 Å². The van der Waals surface area contributed by atoms with Crippen LogP contribution in [0.4, 0.5) is 0 Å². The zero-order chi connectivity index (χ0) is 9.40. The highest BCUT2D eigenvalue weighted by Gasteiger charge is 2.10. The van der Waals surface area contributed by atoms with Crippen LogP contribution < -0.4 is 0 Å². The lowest BCUT2D eigenvalue weighted by atomic mass is 10.2. The van der Waals surface area contributed by atoms with Crippen LogP contribution in [0.15, 0.2) is 12.7 Å². The molecule has 2 heteroatoms. The van der Waals surface area contributed by atoms with Gasteiger partial charge in [-0.15, -0.1) is 6.58 Å². The van der Waals surface area contributed by atoms with Gasteiger partial charge in [0.05, 0.1) is 0 Å². The third-order valence-electron chi connectivity index (χ3n) is 2.11. The molecule has 0 N–H and O–H groups in total. The minimum absolute atomic E-state index is 0.756. The molecule has 72 valence electrons. The molecule has 0 nitrogen and oxygen atoms in total. The van der Waals surface area contributed by atoms with E-state index in [4.69, 9.17) is 11.1 Å². The van der Waals surface area contributed by atoms with Gasteiger partial charge >= 0.3 is 0 Å². The Kier molecular flexibility index (Phi) is 8.04. The van der Waals surface area contributed by atoms with E-state index in [1.54, 1.807) is 0 Å². The van der Waals surface area contributed by atoms with Gasteiger partial charge in [0.1, 0.15) is 8.11 Å². The Morgan fingerprint density at radius 1 is 1.33 bits per heavy atom. The molecule has 0 aliphatic rings. The summed E-state index contributed by atoms with van der Waals surface area (Å²) < 4.78 is 0. The monoisotopic (exact) mass is 204 g/mol. The van der Waals surface area contributed by atoms with Crippen LogP contribution in [-0.4, -0.2) is 8.11 Å². The van der Waals surface area contributed by atoms with Crippen LogP contribution in [0.5, 0.6) is 0 Å². The number of allylic oxidation sites excluding steroid dienone is 1. The number of halogens is 1. The first-order valence-electron chi connectivity index (χ1n) is 4.93. The fraction of sp³-hybridized carbons (Fsp3) is 0.800. The maximum atomic E-state index is 6.25. The molecule has 0 saturated heterocycles. The summed E-state index contributed by atoms with van der Waals surface area (Å²) in [4.78, 5) is 0. The first-order chi connectivity index (χ1) is 5.68. The average Bonchev–Trinajstić information content (AvgIpc) is 2.03. The highest BCUT2D eigenvalue weighted by atomic mass is 35.6. The zero-order valence-electron chi connectivity index (χ0n) is 8.35. The second kappa shape index (κ2) is 7.87. The van der Waals surface area contributed by atoms with Gasteiger partial charge in [-0.1, -0.05) is 32.8 Å². The smallest absolute Gasteiger partial charge is 0.143 e. The Morgan fingerprint density at radius 2 is 2.00 bits per heavy atom. The van der Waals surface area contributed by atoms with Crippen molar-refractivity contribution in [2.24, 2.45) is 0 Å². The molecule has 1 unspecified atom stereocenters. The molecule has 0 heterocycles. The van der Waals surface area contributed by atoms with Gasteiger partial charge in [0.25, 0.3) is 0 Å². The van der Waals surface area contributed by atoms with Crippen LogP contribution in [0, 0.1) is 0 Å². The second-order valence-electron chi connectivity index (χ2n) is 3.69. The summed E-state index contributed by atoms with van der Waals surface area (Å²) >= 11 is 6.25. The highest BCUT2D eigenvalue weighted by Crippen LogP contribution is 2.18. The van der Waals surface area contributed by atoms with E-state index >= 15 is 0 Å². The average molecular weight is 205 g/mol. The second-order valence-corrected chi connectivity index (χ2v) is 8.31. The normalized spacial score (nSPS) is 13.3. The summed E-state index contributed by atoms with van der Waals surface area (Å²) in [5.74, 6) is 0. The first kappa shape index (κ1) is 12.2. The van der Waals surface area contributed by atoms with Gasteiger partial charge in [-0.3, -0.25) is 0 Å². The third kappa shape index (κ3) is 6.93. The molecule has 0 radical (unpaired) electrons. The molecule has 0 amide bonds. The molecule has 0 aromatic rings. The van der Waals surface area contributed by atoms with Crippen LogP contribution in [0.25, 0.3) is 0 Å². The molecule has 0 aromatic heterocycles. The lowest BCUT2D eigenvalue weighted by molar-refractivity contribution is 0.724. The molecule has 0 aromatic carbocycles. The maximum Gasteiger partial charge on any atom is 0.143 e. The van der Waals surface area contributed by atoms with Crippen molar-refractivity contribution in [3.8, 4) is 0 Å². The van der Waals surface area contributed by atoms with Crippen molar-refractivity contribution in [3.63, 3.8) is 0 Å². The van der Waals surface area contributed by atoms with Gasteiger partial charge in [0, 0.05) is 0 Å². The highest BCUT2D eigenvalue weighted by molar-refractivity contribution is 7.07. The van der Waals surface area contributed by atoms with E-state index in [2.05, 4.69) is 20.4 Å². The lowest BCUT2D eigenvalue weighted by Crippen LogP contribution is -2.07. The Hall–Kier alpha value is 0.247. The summed E-state index contributed by atoms with van der Waals surface area (Å²) in [5.41, 5.74) is 0.756. The molecule has 0 bridgehead atoms. The molecule has 0 fully saturated rings. The fourth-order valence-electron chi connectivity index (χ4n) is 1.14. The van der Waals surface area contributed by atoms with Crippen molar-refractivity contribution < 1.29 is 0 Å². The summed E-state index contributed by atoms with van der Waals surface area (Å²) in [7, 11) is -0.881. The predicted octanol–water partition coefficient (Wildman–Crippen LogP) is 4.11. The minimum Gasteiger partial charge on any atom is -0.171 e. The van der Waals surface area contributed by atoms with E-state index in [-0.39, 0.29) is 0 Å². The zero-order valence-corrected chi connectivity index (χ0v) is 10.3. The number of rotatable bonds is 7. The van der Waals surface area contributed by atoms with Crippen LogP contribution >= 0.6 is 11.1 Å². The predicted molar refractivity (Wildman–Crippen MR) is 61.6 cm³/mol.